The number of fused-ring (bicyclic) bond motifs is 2. The van der Waals surface area contributed by atoms with Crippen molar-refractivity contribution in [2.75, 3.05) is 51.3 Å². The van der Waals surface area contributed by atoms with Gasteiger partial charge in [0.25, 0.3) is 0 Å². The number of rotatable bonds is 8. The van der Waals surface area contributed by atoms with Crippen LogP contribution in [0, 0.1) is 6.57 Å². The Morgan fingerprint density at radius 1 is 1.19 bits per heavy atom. The summed E-state index contributed by atoms with van der Waals surface area (Å²) in [5.41, 5.74) is 3.04. The number of benzene rings is 2. The van der Waals surface area contributed by atoms with Gasteiger partial charge in [0.1, 0.15) is 24.2 Å². The molecule has 2 fully saturated rings. The van der Waals surface area contributed by atoms with Gasteiger partial charge in [-0.3, -0.25) is 9.69 Å². The molecule has 218 valence electrons. The fraction of sp³-hybridized carbons (Fsp3) is 0.438. The molecule has 1 N–H and O–H groups in total. The van der Waals surface area contributed by atoms with Crippen LogP contribution in [0.1, 0.15) is 29.7 Å². The molecule has 42 heavy (non-hydrogen) atoms. The number of phenols is 1. The number of piperazine rings is 1. The number of ether oxygens (including phenoxy) is 1. The Morgan fingerprint density at radius 2 is 2.05 bits per heavy atom. The van der Waals surface area contributed by atoms with E-state index in [4.69, 9.17) is 21.3 Å². The van der Waals surface area contributed by atoms with Gasteiger partial charge in [0, 0.05) is 50.9 Å². The second kappa shape index (κ2) is 12.0. The SMILES string of the molecule is [C-]#[N+]C[C@H]1CN(c2nc(OC[C@@H]3CCCN3C)nc3c2CN(Cc2cc(O)cc4ccccc24)C3)CCN1C(=O)C=C. The summed E-state index contributed by atoms with van der Waals surface area (Å²) in [4.78, 5) is 34.5. The fourth-order valence-electron chi connectivity index (χ4n) is 6.54. The molecule has 2 atom stereocenters. The van der Waals surface area contributed by atoms with Crippen molar-refractivity contribution in [2.45, 2.75) is 44.6 Å². The molecule has 10 heteroatoms. The lowest BCUT2D eigenvalue weighted by atomic mass is 10.0. The summed E-state index contributed by atoms with van der Waals surface area (Å²) in [5, 5.41) is 12.5. The lowest BCUT2D eigenvalue weighted by Crippen LogP contribution is -2.56. The Hall–Kier alpha value is -4.20. The lowest BCUT2D eigenvalue weighted by Gasteiger charge is -2.40. The van der Waals surface area contributed by atoms with Crippen molar-refractivity contribution < 1.29 is 14.6 Å². The monoisotopic (exact) mass is 567 g/mol. The van der Waals surface area contributed by atoms with Crippen molar-refractivity contribution >= 4 is 22.5 Å². The van der Waals surface area contributed by atoms with Gasteiger partial charge >= 0.3 is 6.01 Å². The number of likely N-dealkylation sites (N-methyl/N-ethyl adjacent to an activating group) is 1. The minimum absolute atomic E-state index is 0.148. The Labute approximate surface area is 246 Å². The molecular weight excluding hydrogens is 530 g/mol. The minimum atomic E-state index is -0.250. The molecule has 2 saturated heterocycles. The van der Waals surface area contributed by atoms with Gasteiger partial charge in [-0.25, -0.2) is 6.57 Å². The first kappa shape index (κ1) is 27.9. The molecule has 1 amide bonds. The van der Waals surface area contributed by atoms with Crippen LogP contribution in [0.3, 0.4) is 0 Å². The number of hydrogen-bond acceptors (Lipinski definition) is 8. The average molecular weight is 568 g/mol. The summed E-state index contributed by atoms with van der Waals surface area (Å²) in [5.74, 6) is 0.926. The first-order valence-corrected chi connectivity index (χ1v) is 14.6. The zero-order valence-electron chi connectivity index (χ0n) is 24.1. The highest BCUT2D eigenvalue weighted by Crippen LogP contribution is 2.35. The zero-order valence-corrected chi connectivity index (χ0v) is 24.1. The topological polar surface area (TPSA) is 89.6 Å². The van der Waals surface area contributed by atoms with Crippen LogP contribution in [0.15, 0.2) is 49.1 Å². The number of phenolic OH excluding ortho intramolecular Hbond substituents is 1. The Morgan fingerprint density at radius 3 is 2.83 bits per heavy atom. The standard InChI is InChI=1S/C32H37N7O3/c1-4-30(41)39-13-12-38(18-25(39)16-33-2)31-28-19-37(17-23-15-26(40)14-22-8-5-6-10-27(22)23)20-29(28)34-32(35-31)42-21-24-9-7-11-36(24)3/h4-6,8,10,14-15,24-25,40H,1,7,9,11-13,16-21H2,3H3/t24-,25-/m0/s1. The van der Waals surface area contributed by atoms with Gasteiger partial charge in [0.05, 0.1) is 5.69 Å². The third kappa shape index (κ3) is 5.62. The molecule has 1 aromatic heterocycles. The Kier molecular flexibility index (Phi) is 7.96. The summed E-state index contributed by atoms with van der Waals surface area (Å²) >= 11 is 0. The average Bonchev–Trinajstić information content (AvgIpc) is 3.60. The van der Waals surface area contributed by atoms with E-state index in [0.29, 0.717) is 57.9 Å². The molecule has 0 saturated carbocycles. The van der Waals surface area contributed by atoms with Crippen LogP contribution in [-0.4, -0.2) is 94.1 Å². The van der Waals surface area contributed by atoms with Gasteiger partial charge in [0.15, 0.2) is 0 Å². The molecule has 0 aliphatic carbocycles. The molecule has 0 radical (unpaired) electrons. The lowest BCUT2D eigenvalue weighted by molar-refractivity contribution is -0.128. The van der Waals surface area contributed by atoms with Crippen molar-refractivity contribution in [2.24, 2.45) is 0 Å². The van der Waals surface area contributed by atoms with E-state index in [-0.39, 0.29) is 24.2 Å². The zero-order chi connectivity index (χ0) is 29.2. The van der Waals surface area contributed by atoms with Crippen LogP contribution in [0.4, 0.5) is 5.82 Å². The van der Waals surface area contributed by atoms with Crippen molar-refractivity contribution in [3.63, 3.8) is 0 Å². The van der Waals surface area contributed by atoms with E-state index in [1.807, 2.05) is 24.3 Å². The maximum absolute atomic E-state index is 12.5. The highest BCUT2D eigenvalue weighted by Gasteiger charge is 2.35. The van der Waals surface area contributed by atoms with Crippen LogP contribution in [0.2, 0.25) is 0 Å². The van der Waals surface area contributed by atoms with Gasteiger partial charge < -0.3 is 29.4 Å². The molecule has 2 aromatic carbocycles. The maximum atomic E-state index is 12.5. The maximum Gasteiger partial charge on any atom is 0.318 e. The second-order valence-corrected chi connectivity index (χ2v) is 11.5. The molecule has 3 aliphatic rings. The van der Waals surface area contributed by atoms with Gasteiger partial charge in [0.2, 0.25) is 12.5 Å². The molecular formula is C32H37N7O3. The first-order chi connectivity index (χ1) is 20.4. The third-order valence-corrected chi connectivity index (χ3v) is 8.75. The van der Waals surface area contributed by atoms with E-state index in [1.54, 1.807) is 11.0 Å². The largest absolute Gasteiger partial charge is 0.508 e. The Balaban J connectivity index is 1.29. The second-order valence-electron chi connectivity index (χ2n) is 11.5. The number of anilines is 1. The normalized spacial score (nSPS) is 21.0. The van der Waals surface area contributed by atoms with Crippen molar-refractivity contribution in [1.82, 2.24) is 24.7 Å². The summed E-state index contributed by atoms with van der Waals surface area (Å²) in [6, 6.07) is 12.2. The van der Waals surface area contributed by atoms with Gasteiger partial charge in [-0.15, -0.1) is 0 Å². The molecule has 0 spiro atoms. The predicted molar refractivity (Wildman–Crippen MR) is 161 cm³/mol. The molecule has 3 aliphatic heterocycles. The smallest absolute Gasteiger partial charge is 0.318 e. The van der Waals surface area contributed by atoms with Crippen molar-refractivity contribution in [3.8, 4) is 11.8 Å². The van der Waals surface area contributed by atoms with E-state index < -0.39 is 0 Å². The van der Waals surface area contributed by atoms with Gasteiger partial charge in [-0.2, -0.15) is 9.97 Å². The van der Waals surface area contributed by atoms with E-state index in [0.717, 1.165) is 52.8 Å². The molecule has 6 rings (SSSR count). The van der Waals surface area contributed by atoms with E-state index in [1.165, 1.54) is 6.08 Å². The molecule has 4 heterocycles. The number of amides is 1. The summed E-state index contributed by atoms with van der Waals surface area (Å²) in [6.07, 6.45) is 3.58. The van der Waals surface area contributed by atoms with Crippen molar-refractivity contribution in [3.05, 3.63) is 77.3 Å². The highest BCUT2D eigenvalue weighted by atomic mass is 16.5. The van der Waals surface area contributed by atoms with Gasteiger partial charge in [-0.1, -0.05) is 30.8 Å². The predicted octanol–water partition coefficient (Wildman–Crippen LogP) is 3.45. The van der Waals surface area contributed by atoms with E-state index in [9.17, 15) is 9.90 Å². The fourth-order valence-corrected chi connectivity index (χ4v) is 6.54. The number of aromatic hydroxyl groups is 1. The molecule has 0 unspecified atom stereocenters. The number of likely N-dealkylation sites (tertiary alicyclic amines) is 1. The number of carbonyl (C=O) groups excluding carboxylic acids is 1. The quantitative estimate of drug-likeness (QED) is 0.327. The minimum Gasteiger partial charge on any atom is -0.508 e. The van der Waals surface area contributed by atoms with Crippen LogP contribution in [0.25, 0.3) is 15.6 Å². The summed E-state index contributed by atoms with van der Waals surface area (Å²) in [7, 11) is 2.13. The van der Waals surface area contributed by atoms with E-state index >= 15 is 0 Å². The third-order valence-electron chi connectivity index (χ3n) is 8.75. The number of nitrogens with zero attached hydrogens (tertiary/aromatic N) is 7. The highest BCUT2D eigenvalue weighted by molar-refractivity contribution is 5.88. The number of hydrogen-bond donors (Lipinski definition) is 1. The van der Waals surface area contributed by atoms with Crippen LogP contribution in [-0.2, 0) is 24.4 Å². The van der Waals surface area contributed by atoms with Crippen LogP contribution < -0.4 is 9.64 Å². The van der Waals surface area contributed by atoms with Crippen molar-refractivity contribution in [1.29, 1.82) is 0 Å². The first-order valence-electron chi connectivity index (χ1n) is 14.6. The van der Waals surface area contributed by atoms with Crippen LogP contribution in [0.5, 0.6) is 11.8 Å². The molecule has 0 bridgehead atoms. The molecule has 3 aromatic rings. The summed E-state index contributed by atoms with van der Waals surface area (Å²) in [6.45, 7) is 16.5. The number of carbonyl (C=O) groups is 1. The Bertz CT molecular complexity index is 1540. The van der Waals surface area contributed by atoms with Crippen LogP contribution >= 0.6 is 0 Å². The number of aromatic nitrogens is 2. The van der Waals surface area contributed by atoms with E-state index in [2.05, 4.69) is 39.2 Å². The molecule has 10 nitrogen and oxygen atoms in total. The summed E-state index contributed by atoms with van der Waals surface area (Å²) < 4.78 is 6.23. The van der Waals surface area contributed by atoms with Gasteiger partial charge in [-0.05, 0) is 61.0 Å².